The molecule has 1 aromatic heterocycles. The van der Waals surface area contributed by atoms with Crippen LogP contribution in [-0.4, -0.2) is 15.9 Å². The van der Waals surface area contributed by atoms with Gasteiger partial charge in [0.1, 0.15) is 5.69 Å². The van der Waals surface area contributed by atoms with E-state index in [1.165, 1.54) is 11.8 Å². The van der Waals surface area contributed by atoms with E-state index in [4.69, 9.17) is 0 Å². The Bertz CT molecular complexity index is 618. The second-order valence-electron chi connectivity index (χ2n) is 5.83. The number of carbonyl (C=O) groups is 1. The van der Waals surface area contributed by atoms with Crippen LogP contribution in [0.1, 0.15) is 54.1 Å². The van der Waals surface area contributed by atoms with Crippen LogP contribution in [0.2, 0.25) is 0 Å². The summed E-state index contributed by atoms with van der Waals surface area (Å²) in [7, 11) is 0. The Labute approximate surface area is 132 Å². The third-order valence-electron chi connectivity index (χ3n) is 3.71. The summed E-state index contributed by atoms with van der Waals surface area (Å²) >= 11 is 0. The zero-order chi connectivity index (χ0) is 16.1. The number of nitrogens with one attached hydrogen (secondary N) is 1. The summed E-state index contributed by atoms with van der Waals surface area (Å²) in [5.74, 6) is 0.0978. The third kappa shape index (κ3) is 3.91. The molecule has 0 aliphatic heterocycles. The minimum Gasteiger partial charge on any atom is -0.344 e. The zero-order valence-electron chi connectivity index (χ0n) is 13.6. The molecule has 4 nitrogen and oxygen atoms in total. The van der Waals surface area contributed by atoms with Gasteiger partial charge in [-0.3, -0.25) is 9.78 Å². The minimum absolute atomic E-state index is 0.0403. The quantitative estimate of drug-likeness (QED) is 0.919. The van der Waals surface area contributed by atoms with Crippen molar-refractivity contribution in [1.82, 2.24) is 15.3 Å². The monoisotopic (exact) mass is 297 g/mol. The van der Waals surface area contributed by atoms with Crippen LogP contribution in [0, 0.1) is 12.8 Å². The highest BCUT2D eigenvalue weighted by atomic mass is 16.1. The van der Waals surface area contributed by atoms with Gasteiger partial charge in [0, 0.05) is 6.20 Å². The van der Waals surface area contributed by atoms with Gasteiger partial charge >= 0.3 is 0 Å². The Morgan fingerprint density at radius 3 is 2.32 bits per heavy atom. The first-order valence-electron chi connectivity index (χ1n) is 7.69. The summed E-state index contributed by atoms with van der Waals surface area (Å²) < 4.78 is 0. The molecule has 1 atom stereocenters. The number of benzene rings is 1. The highest BCUT2D eigenvalue weighted by Crippen LogP contribution is 2.22. The van der Waals surface area contributed by atoms with Crippen molar-refractivity contribution in [2.75, 3.05) is 0 Å². The van der Waals surface area contributed by atoms with E-state index >= 15 is 0 Å². The van der Waals surface area contributed by atoms with E-state index < -0.39 is 0 Å². The first kappa shape index (κ1) is 16.1. The number of rotatable bonds is 5. The lowest BCUT2D eigenvalue weighted by atomic mass is 9.94. The normalized spacial score (nSPS) is 12.2. The molecule has 0 saturated carbocycles. The molecule has 2 aromatic rings. The van der Waals surface area contributed by atoms with Crippen LogP contribution in [-0.2, 0) is 6.42 Å². The Morgan fingerprint density at radius 1 is 1.14 bits per heavy atom. The van der Waals surface area contributed by atoms with Crippen molar-refractivity contribution in [3.05, 3.63) is 59.2 Å². The fourth-order valence-electron chi connectivity index (χ4n) is 2.32. The Balaban J connectivity index is 2.17. The third-order valence-corrected chi connectivity index (χ3v) is 3.71. The molecular formula is C18H23N3O. The Hall–Kier alpha value is -2.23. The summed E-state index contributed by atoms with van der Waals surface area (Å²) in [5, 5.41) is 3.06. The van der Waals surface area contributed by atoms with Crippen molar-refractivity contribution in [3.8, 4) is 0 Å². The van der Waals surface area contributed by atoms with Crippen molar-refractivity contribution in [2.24, 2.45) is 5.92 Å². The molecule has 22 heavy (non-hydrogen) atoms. The van der Waals surface area contributed by atoms with Crippen molar-refractivity contribution in [2.45, 2.75) is 40.2 Å². The Morgan fingerprint density at radius 2 is 1.82 bits per heavy atom. The van der Waals surface area contributed by atoms with Crippen LogP contribution < -0.4 is 5.32 Å². The van der Waals surface area contributed by atoms with E-state index in [2.05, 4.69) is 60.3 Å². The molecule has 2 rings (SSSR count). The number of hydrogen-bond donors (Lipinski definition) is 1. The van der Waals surface area contributed by atoms with Gasteiger partial charge in [-0.15, -0.1) is 0 Å². The average molecular weight is 297 g/mol. The van der Waals surface area contributed by atoms with E-state index in [0.717, 1.165) is 17.7 Å². The fourth-order valence-corrected chi connectivity index (χ4v) is 2.32. The predicted molar refractivity (Wildman–Crippen MR) is 87.6 cm³/mol. The van der Waals surface area contributed by atoms with Crippen LogP contribution in [0.15, 0.2) is 36.7 Å². The van der Waals surface area contributed by atoms with Gasteiger partial charge < -0.3 is 5.32 Å². The number of nitrogens with zero attached hydrogens (tertiary/aromatic N) is 2. The van der Waals surface area contributed by atoms with E-state index in [-0.39, 0.29) is 17.9 Å². The molecule has 1 aromatic carbocycles. The standard InChI is InChI=1S/C18H23N3O/c1-5-14-6-8-15(9-7-14)17(12(2)3)21-18(22)16-11-19-13(4)10-20-16/h6-12,17H,5H2,1-4H3,(H,21,22)/t17-/m0/s1. The lowest BCUT2D eigenvalue weighted by Crippen LogP contribution is -2.32. The van der Waals surface area contributed by atoms with Gasteiger partial charge in [0.2, 0.25) is 0 Å². The van der Waals surface area contributed by atoms with E-state index in [0.29, 0.717) is 5.69 Å². The van der Waals surface area contributed by atoms with Crippen molar-refractivity contribution >= 4 is 5.91 Å². The second-order valence-corrected chi connectivity index (χ2v) is 5.83. The first-order chi connectivity index (χ1) is 10.5. The first-order valence-corrected chi connectivity index (χ1v) is 7.69. The van der Waals surface area contributed by atoms with Gasteiger partial charge in [-0.25, -0.2) is 4.98 Å². The summed E-state index contributed by atoms with van der Waals surface area (Å²) in [5.41, 5.74) is 3.55. The maximum atomic E-state index is 12.4. The van der Waals surface area contributed by atoms with Gasteiger partial charge in [-0.05, 0) is 30.4 Å². The van der Waals surface area contributed by atoms with Crippen LogP contribution in [0.3, 0.4) is 0 Å². The number of carbonyl (C=O) groups excluding carboxylic acids is 1. The molecule has 0 saturated heterocycles. The van der Waals surface area contributed by atoms with E-state index in [1.54, 1.807) is 6.20 Å². The number of aromatic nitrogens is 2. The molecule has 1 amide bonds. The molecule has 0 bridgehead atoms. The van der Waals surface area contributed by atoms with Gasteiger partial charge in [0.05, 0.1) is 17.9 Å². The molecule has 0 aliphatic carbocycles. The highest BCUT2D eigenvalue weighted by Gasteiger charge is 2.19. The lowest BCUT2D eigenvalue weighted by Gasteiger charge is -2.23. The molecule has 116 valence electrons. The van der Waals surface area contributed by atoms with Crippen LogP contribution >= 0.6 is 0 Å². The van der Waals surface area contributed by atoms with Gasteiger partial charge in [0.15, 0.2) is 0 Å². The molecule has 1 heterocycles. The number of amides is 1. The van der Waals surface area contributed by atoms with Crippen LogP contribution in [0.5, 0.6) is 0 Å². The molecule has 1 N–H and O–H groups in total. The highest BCUT2D eigenvalue weighted by molar-refractivity contribution is 5.92. The zero-order valence-corrected chi connectivity index (χ0v) is 13.6. The largest absolute Gasteiger partial charge is 0.344 e. The molecule has 0 aliphatic rings. The maximum Gasteiger partial charge on any atom is 0.271 e. The molecule has 4 heteroatoms. The minimum atomic E-state index is -0.189. The fraction of sp³-hybridized carbons (Fsp3) is 0.389. The number of hydrogen-bond acceptors (Lipinski definition) is 3. The molecule has 0 unspecified atom stereocenters. The van der Waals surface area contributed by atoms with Gasteiger partial charge in [-0.2, -0.15) is 0 Å². The predicted octanol–water partition coefficient (Wildman–Crippen LogP) is 3.47. The van der Waals surface area contributed by atoms with Crippen LogP contribution in [0.25, 0.3) is 0 Å². The smallest absolute Gasteiger partial charge is 0.271 e. The summed E-state index contributed by atoms with van der Waals surface area (Å²) in [6.07, 6.45) is 4.13. The summed E-state index contributed by atoms with van der Waals surface area (Å²) in [4.78, 5) is 20.6. The lowest BCUT2D eigenvalue weighted by molar-refractivity contribution is 0.0920. The van der Waals surface area contributed by atoms with E-state index in [9.17, 15) is 4.79 Å². The average Bonchev–Trinajstić information content (AvgIpc) is 2.53. The van der Waals surface area contributed by atoms with Crippen molar-refractivity contribution in [3.63, 3.8) is 0 Å². The summed E-state index contributed by atoms with van der Waals surface area (Å²) in [6.45, 7) is 8.17. The molecular weight excluding hydrogens is 274 g/mol. The Kier molecular flexibility index (Phi) is 5.26. The molecule has 0 fully saturated rings. The SMILES string of the molecule is CCc1ccc([C@@H](NC(=O)c2cnc(C)cn2)C(C)C)cc1. The molecule has 0 radical (unpaired) electrons. The van der Waals surface area contributed by atoms with E-state index in [1.807, 2.05) is 6.92 Å². The topological polar surface area (TPSA) is 54.9 Å². The van der Waals surface area contributed by atoms with Crippen molar-refractivity contribution in [1.29, 1.82) is 0 Å². The second kappa shape index (κ2) is 7.16. The summed E-state index contributed by atoms with van der Waals surface area (Å²) in [6, 6.07) is 8.36. The van der Waals surface area contributed by atoms with Crippen molar-refractivity contribution < 1.29 is 4.79 Å². The van der Waals surface area contributed by atoms with Gasteiger partial charge in [-0.1, -0.05) is 45.0 Å². The van der Waals surface area contributed by atoms with Crippen LogP contribution in [0.4, 0.5) is 0 Å². The molecule has 0 spiro atoms. The maximum absolute atomic E-state index is 12.4. The van der Waals surface area contributed by atoms with Gasteiger partial charge in [0.25, 0.3) is 5.91 Å². The number of aryl methyl sites for hydroxylation is 2.